The Kier molecular flexibility index (Phi) is 5.59. The number of alkyl halides is 3. The first-order valence-electron chi connectivity index (χ1n) is 8.63. The molecule has 28 heavy (non-hydrogen) atoms. The zero-order valence-electron chi connectivity index (χ0n) is 15.0. The molecule has 0 saturated heterocycles. The Morgan fingerprint density at radius 3 is 2.71 bits per heavy atom. The largest absolute Gasteiger partial charge is 0.516 e. The first-order chi connectivity index (χ1) is 13.2. The van der Waals surface area contributed by atoms with Gasteiger partial charge in [-0.25, -0.2) is 4.98 Å². The van der Waals surface area contributed by atoms with Crippen molar-refractivity contribution in [1.82, 2.24) is 9.97 Å². The summed E-state index contributed by atoms with van der Waals surface area (Å²) in [7, 11) is -5.60. The van der Waals surface area contributed by atoms with Gasteiger partial charge in [-0.15, -0.1) is 10.2 Å². The van der Waals surface area contributed by atoms with Crippen LogP contribution < -0.4 is 9.62 Å². The van der Waals surface area contributed by atoms with Crippen molar-refractivity contribution in [3.05, 3.63) is 30.1 Å². The van der Waals surface area contributed by atoms with Crippen LogP contribution in [0, 0.1) is 0 Å². The van der Waals surface area contributed by atoms with Crippen LogP contribution >= 0.6 is 0 Å². The quantitative estimate of drug-likeness (QED) is 0.711. The Labute approximate surface area is 159 Å². The third kappa shape index (κ3) is 4.26. The average molecular weight is 416 g/mol. The summed E-state index contributed by atoms with van der Waals surface area (Å²) in [6.07, 6.45) is 5.50. The fourth-order valence-corrected chi connectivity index (χ4v) is 3.53. The SMILES string of the molecule is CCN1CCCCc2cc(N=Nc3ncc[nH]3)c(NS(=O)(=O)C(F)(F)F)cc21. The van der Waals surface area contributed by atoms with E-state index in [0.29, 0.717) is 18.7 Å². The molecule has 0 amide bonds. The van der Waals surface area contributed by atoms with Crippen molar-refractivity contribution >= 4 is 33.0 Å². The van der Waals surface area contributed by atoms with Crippen LogP contribution in [0.2, 0.25) is 0 Å². The molecule has 3 rings (SSSR count). The van der Waals surface area contributed by atoms with Crippen LogP contribution in [0.4, 0.5) is 36.2 Å². The molecular formula is C16H19F3N6O2S. The highest BCUT2D eigenvalue weighted by atomic mass is 32.2. The Bertz CT molecular complexity index is 957. The van der Waals surface area contributed by atoms with E-state index in [-0.39, 0.29) is 17.3 Å². The van der Waals surface area contributed by atoms with E-state index in [9.17, 15) is 21.6 Å². The van der Waals surface area contributed by atoms with Gasteiger partial charge in [-0.05, 0) is 43.9 Å². The average Bonchev–Trinajstić information content (AvgIpc) is 3.06. The van der Waals surface area contributed by atoms with E-state index in [2.05, 4.69) is 20.2 Å². The Balaban J connectivity index is 2.09. The van der Waals surface area contributed by atoms with Crippen molar-refractivity contribution in [1.29, 1.82) is 0 Å². The number of fused-ring (bicyclic) bond motifs is 1. The molecule has 12 heteroatoms. The topological polar surface area (TPSA) is 103 Å². The van der Waals surface area contributed by atoms with Crippen molar-refractivity contribution in [3.8, 4) is 0 Å². The lowest BCUT2D eigenvalue weighted by molar-refractivity contribution is -0.0429. The number of sulfonamides is 1. The first kappa shape index (κ1) is 20.1. The van der Waals surface area contributed by atoms with Crippen LogP contribution in [0.3, 0.4) is 0 Å². The minimum atomic E-state index is -5.60. The van der Waals surface area contributed by atoms with Crippen LogP contribution in [0.25, 0.3) is 0 Å². The standard InChI is InChI=1S/C16H19F3N6O2S/c1-2-25-8-4-3-5-11-9-12(22-23-15-20-6-7-21-15)13(10-14(11)25)24-28(26,27)16(17,18)19/h6-7,9-10,24H,2-5,8H2,1H3,(H,20,21). The minimum Gasteiger partial charge on any atom is -0.372 e. The smallest absolute Gasteiger partial charge is 0.372 e. The predicted octanol–water partition coefficient (Wildman–Crippen LogP) is 4.25. The maximum atomic E-state index is 12.9. The normalized spacial score (nSPS) is 15.5. The number of nitrogens with one attached hydrogen (secondary N) is 2. The van der Waals surface area contributed by atoms with E-state index in [4.69, 9.17) is 0 Å². The van der Waals surface area contributed by atoms with Gasteiger partial charge < -0.3 is 9.88 Å². The summed E-state index contributed by atoms with van der Waals surface area (Å²) in [6.45, 7) is 3.31. The van der Waals surface area contributed by atoms with Gasteiger partial charge >= 0.3 is 15.5 Å². The van der Waals surface area contributed by atoms with Crippen LogP contribution in [0.15, 0.2) is 34.8 Å². The van der Waals surface area contributed by atoms with Gasteiger partial charge in [0.2, 0.25) is 5.95 Å². The second kappa shape index (κ2) is 7.78. The second-order valence-corrected chi connectivity index (χ2v) is 7.87. The maximum Gasteiger partial charge on any atom is 0.516 e. The fraction of sp³-hybridized carbons (Fsp3) is 0.438. The van der Waals surface area contributed by atoms with Gasteiger partial charge in [0.1, 0.15) is 5.69 Å². The van der Waals surface area contributed by atoms with Gasteiger partial charge in [-0.3, -0.25) is 4.72 Å². The third-order valence-corrected chi connectivity index (χ3v) is 5.43. The molecule has 0 fully saturated rings. The van der Waals surface area contributed by atoms with Crippen molar-refractivity contribution in [2.75, 3.05) is 22.7 Å². The fourth-order valence-electron chi connectivity index (χ4n) is 2.96. The van der Waals surface area contributed by atoms with Crippen LogP contribution in [0.5, 0.6) is 0 Å². The number of nitrogens with zero attached hydrogens (tertiary/aromatic N) is 4. The van der Waals surface area contributed by atoms with Crippen molar-refractivity contribution in [2.24, 2.45) is 10.2 Å². The monoisotopic (exact) mass is 416 g/mol. The van der Waals surface area contributed by atoms with E-state index in [1.54, 1.807) is 10.8 Å². The molecule has 0 bridgehead atoms. The Hall–Kier alpha value is -2.63. The molecule has 1 aliphatic heterocycles. The summed E-state index contributed by atoms with van der Waals surface area (Å²) in [4.78, 5) is 8.55. The molecule has 0 radical (unpaired) electrons. The Morgan fingerprint density at radius 2 is 2.07 bits per heavy atom. The summed E-state index contributed by atoms with van der Waals surface area (Å²) in [5.74, 6) is 0.148. The maximum absolute atomic E-state index is 12.9. The van der Waals surface area contributed by atoms with E-state index in [1.807, 2.05) is 11.8 Å². The number of rotatable bonds is 5. The van der Waals surface area contributed by atoms with Gasteiger partial charge in [0.15, 0.2) is 0 Å². The number of hydrogen-bond acceptors (Lipinski definition) is 6. The first-order valence-corrected chi connectivity index (χ1v) is 10.1. The van der Waals surface area contributed by atoms with Crippen molar-refractivity contribution < 1.29 is 21.6 Å². The highest BCUT2D eigenvalue weighted by Crippen LogP contribution is 2.38. The van der Waals surface area contributed by atoms with Gasteiger partial charge in [0.25, 0.3) is 0 Å². The molecule has 2 heterocycles. The lowest BCUT2D eigenvalue weighted by Gasteiger charge is -2.24. The molecule has 0 aliphatic carbocycles. The number of aromatic nitrogens is 2. The van der Waals surface area contributed by atoms with Gasteiger partial charge in [-0.1, -0.05) is 0 Å². The molecular weight excluding hydrogens is 397 g/mol. The molecule has 0 saturated carbocycles. The predicted molar refractivity (Wildman–Crippen MR) is 98.6 cm³/mol. The number of anilines is 2. The van der Waals surface area contributed by atoms with Gasteiger partial charge in [0, 0.05) is 31.2 Å². The zero-order valence-corrected chi connectivity index (χ0v) is 15.8. The molecule has 1 aromatic heterocycles. The summed E-state index contributed by atoms with van der Waals surface area (Å²) < 4.78 is 63.5. The zero-order chi connectivity index (χ0) is 20.4. The molecule has 0 unspecified atom stereocenters. The highest BCUT2D eigenvalue weighted by molar-refractivity contribution is 7.93. The van der Waals surface area contributed by atoms with Gasteiger partial charge in [0.05, 0.1) is 5.69 Å². The van der Waals surface area contributed by atoms with E-state index >= 15 is 0 Å². The Morgan fingerprint density at radius 1 is 1.29 bits per heavy atom. The molecule has 0 spiro atoms. The third-order valence-electron chi connectivity index (χ3n) is 4.33. The number of azo groups is 1. The molecule has 0 atom stereocenters. The van der Waals surface area contributed by atoms with Crippen LogP contribution in [0.1, 0.15) is 25.3 Å². The summed E-state index contributed by atoms with van der Waals surface area (Å²) >= 11 is 0. The van der Waals surface area contributed by atoms with E-state index in [0.717, 1.165) is 24.9 Å². The summed E-state index contributed by atoms with van der Waals surface area (Å²) in [5, 5.41) is 7.75. The van der Waals surface area contributed by atoms with Gasteiger partial charge in [-0.2, -0.15) is 21.6 Å². The van der Waals surface area contributed by atoms with E-state index in [1.165, 1.54) is 18.5 Å². The molecule has 1 aliphatic rings. The molecule has 2 aromatic rings. The number of hydrogen-bond donors (Lipinski definition) is 2. The lowest BCUT2D eigenvalue weighted by atomic mass is 10.1. The number of benzene rings is 1. The molecule has 1 aromatic carbocycles. The molecule has 2 N–H and O–H groups in total. The van der Waals surface area contributed by atoms with Crippen LogP contribution in [-0.2, 0) is 16.4 Å². The number of aryl methyl sites for hydroxylation is 1. The summed E-state index contributed by atoms with van der Waals surface area (Å²) in [6, 6.07) is 2.97. The number of aromatic amines is 1. The molecule has 8 nitrogen and oxygen atoms in total. The lowest BCUT2D eigenvalue weighted by Crippen LogP contribution is -2.30. The van der Waals surface area contributed by atoms with E-state index < -0.39 is 15.5 Å². The van der Waals surface area contributed by atoms with Crippen LogP contribution in [-0.4, -0.2) is 37.0 Å². The summed E-state index contributed by atoms with van der Waals surface area (Å²) in [5.41, 5.74) is -4.17. The number of imidazole rings is 1. The number of halogens is 3. The minimum absolute atomic E-state index is 0.0130. The second-order valence-electron chi connectivity index (χ2n) is 6.20. The number of H-pyrrole nitrogens is 1. The highest BCUT2D eigenvalue weighted by Gasteiger charge is 2.46. The molecule has 152 valence electrons. The van der Waals surface area contributed by atoms with Crippen molar-refractivity contribution in [2.45, 2.75) is 31.7 Å². The van der Waals surface area contributed by atoms with Crippen molar-refractivity contribution in [3.63, 3.8) is 0 Å².